The number of nitrogens with two attached hydrogens (primary N) is 1. The molecule has 0 radical (unpaired) electrons. The molecule has 2 heterocycles. The first-order valence-corrected chi connectivity index (χ1v) is 10.0. The van der Waals surface area contributed by atoms with Crippen LogP contribution in [0.25, 0.3) is 0 Å². The summed E-state index contributed by atoms with van der Waals surface area (Å²) in [6.07, 6.45) is 3.60. The number of aryl methyl sites for hydroxylation is 1. The van der Waals surface area contributed by atoms with Gasteiger partial charge in [0.05, 0.1) is 11.3 Å². The van der Waals surface area contributed by atoms with Crippen LogP contribution in [0, 0.1) is 0 Å². The van der Waals surface area contributed by atoms with Gasteiger partial charge in [-0.25, -0.2) is 0 Å². The molecule has 4 N–H and O–H groups in total. The summed E-state index contributed by atoms with van der Waals surface area (Å²) in [5.41, 5.74) is 5.39. The average molecular weight is 420 g/mol. The summed E-state index contributed by atoms with van der Waals surface area (Å²) in [7, 11) is 0. The molecule has 1 aliphatic heterocycles. The number of halogens is 1. The third kappa shape index (κ3) is 3.02. The summed E-state index contributed by atoms with van der Waals surface area (Å²) in [4.78, 5) is 38.7. The number of hydrogen-bond acceptors (Lipinski definition) is 5. The maximum atomic E-state index is 13.0. The molecule has 2 aromatic rings. The van der Waals surface area contributed by atoms with E-state index in [1.54, 1.807) is 18.2 Å². The van der Waals surface area contributed by atoms with E-state index in [1.165, 1.54) is 18.3 Å². The van der Waals surface area contributed by atoms with Crippen molar-refractivity contribution in [2.75, 3.05) is 10.6 Å². The number of amides is 3. The van der Waals surface area contributed by atoms with Crippen molar-refractivity contribution in [3.8, 4) is 5.75 Å². The van der Waals surface area contributed by atoms with Crippen molar-refractivity contribution in [1.82, 2.24) is 0 Å². The Morgan fingerprint density at radius 1 is 1.32 bits per heavy atom. The highest BCUT2D eigenvalue weighted by Crippen LogP contribution is 2.40. The van der Waals surface area contributed by atoms with E-state index < -0.39 is 23.3 Å². The molecule has 0 saturated heterocycles. The molecule has 1 aromatic carbocycles. The molecule has 2 aliphatic rings. The first-order valence-electron chi connectivity index (χ1n) is 8.85. The van der Waals surface area contributed by atoms with Crippen LogP contribution in [0.15, 0.2) is 18.2 Å². The van der Waals surface area contributed by atoms with Crippen LogP contribution in [-0.4, -0.2) is 23.3 Å². The summed E-state index contributed by atoms with van der Waals surface area (Å²) in [6.45, 7) is 1.38. The Morgan fingerprint density at radius 3 is 2.82 bits per heavy atom. The van der Waals surface area contributed by atoms with Crippen LogP contribution in [0.2, 0.25) is 5.02 Å². The maximum absolute atomic E-state index is 13.0. The Hall–Kier alpha value is -2.58. The number of nitrogens with one attached hydrogen (secondary N) is 2. The SMILES string of the molecule is CC1(C(=O)Nc2sc3c(c2C(N)=O)CCCC3)Oc2ccc(Cl)cc2NC1=O. The standard InChI is InChI=1S/C19H18ClN3O4S/c1-19(17(25)22-11-8-9(20)6-7-12(11)27-19)18(26)23-16-14(15(21)24)10-4-2-3-5-13(10)28-16/h6-8H,2-5H2,1H3,(H2,21,24)(H,22,25)(H,23,26). The molecular formula is C19H18ClN3O4S. The molecule has 1 aliphatic carbocycles. The third-order valence-electron chi connectivity index (χ3n) is 5.02. The largest absolute Gasteiger partial charge is 0.466 e. The van der Waals surface area contributed by atoms with Gasteiger partial charge < -0.3 is 21.1 Å². The van der Waals surface area contributed by atoms with Gasteiger partial charge in [0, 0.05) is 9.90 Å². The van der Waals surface area contributed by atoms with Gasteiger partial charge >= 0.3 is 0 Å². The molecule has 28 heavy (non-hydrogen) atoms. The van der Waals surface area contributed by atoms with E-state index in [1.807, 2.05) is 0 Å². The monoisotopic (exact) mass is 419 g/mol. The summed E-state index contributed by atoms with van der Waals surface area (Å²) < 4.78 is 5.73. The van der Waals surface area contributed by atoms with Gasteiger partial charge in [-0.2, -0.15) is 0 Å². The molecule has 0 saturated carbocycles. The topological polar surface area (TPSA) is 111 Å². The Kier molecular flexibility index (Phi) is 4.55. The lowest BCUT2D eigenvalue weighted by molar-refractivity contribution is -0.143. The molecule has 146 valence electrons. The number of rotatable bonds is 3. The average Bonchev–Trinajstić information content (AvgIpc) is 3.01. The minimum atomic E-state index is -1.81. The van der Waals surface area contributed by atoms with E-state index in [9.17, 15) is 14.4 Å². The zero-order valence-electron chi connectivity index (χ0n) is 15.1. The smallest absolute Gasteiger partial charge is 0.278 e. The zero-order chi connectivity index (χ0) is 20.1. The highest BCUT2D eigenvalue weighted by molar-refractivity contribution is 7.17. The first kappa shape index (κ1) is 18.8. The first-order chi connectivity index (χ1) is 13.3. The van der Waals surface area contributed by atoms with Crippen LogP contribution >= 0.6 is 22.9 Å². The number of anilines is 2. The molecule has 1 atom stereocenters. The van der Waals surface area contributed by atoms with Gasteiger partial charge in [-0.05, 0) is 56.4 Å². The van der Waals surface area contributed by atoms with Gasteiger partial charge in [0.25, 0.3) is 23.3 Å². The maximum Gasteiger partial charge on any atom is 0.278 e. The number of carbonyl (C=O) groups excluding carboxylic acids is 3. The number of ether oxygens (including phenoxy) is 1. The van der Waals surface area contributed by atoms with Gasteiger partial charge in [0.1, 0.15) is 10.8 Å². The molecule has 3 amide bonds. The fourth-order valence-electron chi connectivity index (χ4n) is 3.48. The lowest BCUT2D eigenvalue weighted by Gasteiger charge is -2.33. The molecule has 0 spiro atoms. The van der Waals surface area contributed by atoms with E-state index >= 15 is 0 Å². The van der Waals surface area contributed by atoms with Gasteiger partial charge in [0.15, 0.2) is 0 Å². The molecule has 0 fully saturated rings. The Labute approximate surface area is 170 Å². The van der Waals surface area contributed by atoms with Gasteiger partial charge in [-0.3, -0.25) is 14.4 Å². The summed E-state index contributed by atoms with van der Waals surface area (Å²) in [5, 5.41) is 6.15. The number of benzene rings is 1. The van der Waals surface area contributed by atoms with Gasteiger partial charge in [0.2, 0.25) is 0 Å². The summed E-state index contributed by atoms with van der Waals surface area (Å²) >= 11 is 7.27. The van der Waals surface area contributed by atoms with E-state index in [0.717, 1.165) is 36.1 Å². The van der Waals surface area contributed by atoms with E-state index in [2.05, 4.69) is 10.6 Å². The predicted octanol–water partition coefficient (Wildman–Crippen LogP) is 3.11. The van der Waals surface area contributed by atoms with E-state index in [0.29, 0.717) is 27.0 Å². The van der Waals surface area contributed by atoms with Gasteiger partial charge in [-0.1, -0.05) is 11.6 Å². The minimum Gasteiger partial charge on any atom is -0.466 e. The molecule has 4 rings (SSSR count). The second kappa shape index (κ2) is 6.79. The third-order valence-corrected chi connectivity index (χ3v) is 6.46. The van der Waals surface area contributed by atoms with E-state index in [4.69, 9.17) is 22.1 Å². The molecule has 1 unspecified atom stereocenters. The van der Waals surface area contributed by atoms with Crippen LogP contribution in [0.3, 0.4) is 0 Å². The van der Waals surface area contributed by atoms with Crippen molar-refractivity contribution in [3.05, 3.63) is 39.2 Å². The lowest BCUT2D eigenvalue weighted by Crippen LogP contribution is -2.56. The predicted molar refractivity (Wildman–Crippen MR) is 107 cm³/mol. The molecule has 1 aromatic heterocycles. The number of primary amides is 1. The van der Waals surface area contributed by atoms with Crippen molar-refractivity contribution in [2.45, 2.75) is 38.2 Å². The van der Waals surface area contributed by atoms with Crippen LogP contribution in [0.1, 0.15) is 40.6 Å². The lowest BCUT2D eigenvalue weighted by atomic mass is 9.95. The molecular weight excluding hydrogens is 402 g/mol. The minimum absolute atomic E-state index is 0.333. The number of fused-ring (bicyclic) bond motifs is 2. The second-order valence-electron chi connectivity index (χ2n) is 6.96. The summed E-state index contributed by atoms with van der Waals surface area (Å²) in [6, 6.07) is 4.74. The fraction of sp³-hybridized carbons (Fsp3) is 0.316. The number of thiophene rings is 1. The van der Waals surface area contributed by atoms with Crippen LogP contribution in [-0.2, 0) is 22.4 Å². The quantitative estimate of drug-likeness (QED) is 0.664. The van der Waals surface area contributed by atoms with Crippen molar-refractivity contribution in [3.63, 3.8) is 0 Å². The van der Waals surface area contributed by atoms with Crippen molar-refractivity contribution < 1.29 is 19.1 Å². The highest BCUT2D eigenvalue weighted by Gasteiger charge is 2.48. The van der Waals surface area contributed by atoms with E-state index in [-0.39, 0.29) is 0 Å². The molecule has 0 bridgehead atoms. The summed E-state index contributed by atoms with van der Waals surface area (Å²) in [5.74, 6) is -1.55. The van der Waals surface area contributed by atoms with Crippen LogP contribution in [0.5, 0.6) is 5.75 Å². The van der Waals surface area contributed by atoms with Crippen LogP contribution < -0.4 is 21.1 Å². The Morgan fingerprint density at radius 2 is 2.07 bits per heavy atom. The highest BCUT2D eigenvalue weighted by atomic mass is 35.5. The van der Waals surface area contributed by atoms with Crippen molar-refractivity contribution in [2.24, 2.45) is 5.73 Å². The van der Waals surface area contributed by atoms with Crippen molar-refractivity contribution >= 4 is 51.3 Å². The number of carbonyl (C=O) groups is 3. The molecule has 7 nitrogen and oxygen atoms in total. The molecule has 9 heteroatoms. The fourth-order valence-corrected chi connectivity index (χ4v) is 4.94. The number of hydrogen-bond donors (Lipinski definition) is 3. The normalized spacial score (nSPS) is 20.4. The Bertz CT molecular complexity index is 1020. The zero-order valence-corrected chi connectivity index (χ0v) is 16.6. The second-order valence-corrected chi connectivity index (χ2v) is 8.50. The van der Waals surface area contributed by atoms with Crippen molar-refractivity contribution in [1.29, 1.82) is 0 Å². The van der Waals surface area contributed by atoms with Gasteiger partial charge in [-0.15, -0.1) is 11.3 Å². The Balaban J connectivity index is 1.65. The van der Waals surface area contributed by atoms with Crippen LogP contribution in [0.4, 0.5) is 10.7 Å².